The molecule has 0 aromatic heterocycles. The first kappa shape index (κ1) is 33.6. The van der Waals surface area contributed by atoms with Crippen molar-refractivity contribution in [3.63, 3.8) is 0 Å². The van der Waals surface area contributed by atoms with Gasteiger partial charge < -0.3 is 34.4 Å². The van der Waals surface area contributed by atoms with Crippen LogP contribution in [0.2, 0.25) is 0 Å². The van der Waals surface area contributed by atoms with Crippen LogP contribution in [0.4, 0.5) is 5.69 Å². The molecule has 2 N–H and O–H groups in total. The Kier molecular flexibility index (Phi) is 9.82. The normalized spacial score (nSPS) is 31.2. The molecule has 4 aliphatic rings. The van der Waals surface area contributed by atoms with Gasteiger partial charge in [0.05, 0.1) is 24.7 Å². The number of rotatable bonds is 7. The second kappa shape index (κ2) is 14.0. The number of hydrogen-bond acceptors (Lipinski definition) is 8. The molecule has 11 heteroatoms. The first-order valence-electron chi connectivity index (χ1n) is 16.6. The lowest BCUT2D eigenvalue weighted by atomic mass is 9.77. The summed E-state index contributed by atoms with van der Waals surface area (Å²) in [4.78, 5) is 59.9. The van der Waals surface area contributed by atoms with Crippen LogP contribution in [0.15, 0.2) is 72.8 Å². The SMILES string of the molecule is COC[C@@H]1NC(=O)CC/C=C\[C@@H]2O[C@@]34C=CCN(c5cc(C)ccc5C)C(=O)[C@@H]3N(CCCO)C(=O)[C@H]4[C@@H]2C(=O)O[C@H]1c1ccccc1. The summed E-state index contributed by atoms with van der Waals surface area (Å²) < 4.78 is 18.5. The molecule has 2 aromatic rings. The van der Waals surface area contributed by atoms with Crippen LogP contribution < -0.4 is 10.2 Å². The number of benzene rings is 2. The van der Waals surface area contributed by atoms with E-state index < -0.39 is 53.6 Å². The molecular formula is C37H43N3O8. The van der Waals surface area contributed by atoms with Crippen molar-refractivity contribution in [1.82, 2.24) is 10.2 Å². The summed E-state index contributed by atoms with van der Waals surface area (Å²) in [6.45, 7) is 4.15. The molecule has 2 saturated heterocycles. The Morgan fingerprint density at radius 3 is 2.58 bits per heavy atom. The smallest absolute Gasteiger partial charge is 0.313 e. The molecule has 0 radical (unpaired) electrons. The number of aliphatic hydroxyl groups excluding tert-OH is 1. The van der Waals surface area contributed by atoms with E-state index in [1.807, 2.05) is 68.5 Å². The number of carbonyl (C=O) groups excluding carboxylic acids is 4. The number of cyclic esters (lactones) is 1. The van der Waals surface area contributed by atoms with Crippen LogP contribution in [-0.4, -0.2) is 90.9 Å². The molecule has 1 spiro atoms. The van der Waals surface area contributed by atoms with Crippen molar-refractivity contribution in [2.24, 2.45) is 11.8 Å². The number of likely N-dealkylation sites (tertiary alicyclic amines) is 1. The maximum Gasteiger partial charge on any atom is 0.313 e. The van der Waals surface area contributed by atoms with Crippen molar-refractivity contribution in [1.29, 1.82) is 0 Å². The zero-order valence-corrected chi connectivity index (χ0v) is 27.5. The molecule has 2 aromatic carbocycles. The zero-order chi connectivity index (χ0) is 34.0. The molecule has 254 valence electrons. The number of allylic oxidation sites excluding steroid dienone is 1. The molecule has 0 saturated carbocycles. The molecule has 4 heterocycles. The standard InChI is InChI=1S/C37H43N3O8/c1-23-15-16-24(2)27(21-23)39-18-9-17-37-31(34(43)40(19-10-20-41)33(37)35(39)44)30-28(48-37)13-7-8-14-29(42)38-26(22-46-3)32(47-36(30)45)25-11-5-4-6-12-25/h4-7,9,11-13,15-17,21,26,28,30-33,41H,8,10,14,18-20,22H2,1-3H3,(H,38,42)/b13-7-/t26-,28-,30+,31+,32-,33-,37+/m0/s1. The lowest BCUT2D eigenvalue weighted by Crippen LogP contribution is -2.55. The van der Waals surface area contributed by atoms with Crippen molar-refractivity contribution in [2.75, 3.05) is 38.3 Å². The summed E-state index contributed by atoms with van der Waals surface area (Å²) in [5, 5.41) is 12.7. The summed E-state index contributed by atoms with van der Waals surface area (Å²) in [5.74, 6) is -3.80. The van der Waals surface area contributed by atoms with Crippen LogP contribution in [0, 0.1) is 25.7 Å². The minimum atomic E-state index is -1.47. The van der Waals surface area contributed by atoms with Gasteiger partial charge in [-0.3, -0.25) is 19.2 Å². The third-order valence-electron chi connectivity index (χ3n) is 9.77. The van der Waals surface area contributed by atoms with Gasteiger partial charge in [0.15, 0.2) is 0 Å². The Balaban J connectivity index is 1.45. The van der Waals surface area contributed by atoms with Crippen molar-refractivity contribution in [2.45, 2.75) is 63.0 Å². The molecule has 48 heavy (non-hydrogen) atoms. The highest BCUT2D eigenvalue weighted by atomic mass is 16.6. The molecule has 11 nitrogen and oxygen atoms in total. The minimum absolute atomic E-state index is 0.0772. The molecule has 4 aliphatic heterocycles. The zero-order valence-electron chi connectivity index (χ0n) is 27.5. The van der Waals surface area contributed by atoms with Gasteiger partial charge in [-0.05, 0) is 49.4 Å². The summed E-state index contributed by atoms with van der Waals surface area (Å²) in [6, 6.07) is 13.2. The summed E-state index contributed by atoms with van der Waals surface area (Å²) in [6.07, 6.45) is 6.07. The fourth-order valence-corrected chi connectivity index (χ4v) is 7.60. The van der Waals surface area contributed by atoms with E-state index in [-0.39, 0.29) is 51.0 Å². The summed E-state index contributed by atoms with van der Waals surface area (Å²) in [7, 11) is 1.51. The maximum absolute atomic E-state index is 14.7. The average molecular weight is 658 g/mol. The number of ether oxygens (including phenoxy) is 3. The number of methoxy groups -OCH3 is 1. The Morgan fingerprint density at radius 2 is 1.83 bits per heavy atom. The molecule has 2 fully saturated rings. The molecule has 0 bridgehead atoms. The second-order valence-electron chi connectivity index (χ2n) is 13.0. The van der Waals surface area contributed by atoms with Gasteiger partial charge >= 0.3 is 5.97 Å². The minimum Gasteiger partial charge on any atom is -0.455 e. The van der Waals surface area contributed by atoms with Crippen molar-refractivity contribution < 1.29 is 38.5 Å². The Labute approximate surface area is 280 Å². The number of hydrogen-bond donors (Lipinski definition) is 2. The van der Waals surface area contributed by atoms with E-state index in [0.29, 0.717) is 12.0 Å². The van der Waals surface area contributed by atoms with Crippen molar-refractivity contribution in [3.8, 4) is 0 Å². The van der Waals surface area contributed by atoms with E-state index in [9.17, 15) is 24.3 Å². The number of nitrogens with one attached hydrogen (secondary N) is 1. The molecule has 0 aliphatic carbocycles. The van der Waals surface area contributed by atoms with Crippen LogP contribution in [0.1, 0.15) is 42.1 Å². The molecule has 0 unspecified atom stereocenters. The monoisotopic (exact) mass is 657 g/mol. The van der Waals surface area contributed by atoms with Gasteiger partial charge in [0.1, 0.15) is 23.7 Å². The summed E-state index contributed by atoms with van der Waals surface area (Å²) in [5.41, 5.74) is 1.80. The number of carbonyl (C=O) groups is 4. The summed E-state index contributed by atoms with van der Waals surface area (Å²) >= 11 is 0. The highest BCUT2D eigenvalue weighted by Crippen LogP contribution is 2.53. The third kappa shape index (κ3) is 6.06. The first-order valence-corrected chi connectivity index (χ1v) is 16.6. The quantitative estimate of drug-likeness (QED) is 0.343. The van der Waals surface area contributed by atoms with Crippen LogP contribution >= 0.6 is 0 Å². The number of anilines is 1. The van der Waals surface area contributed by atoms with E-state index >= 15 is 0 Å². The molecule has 7 atom stereocenters. The van der Waals surface area contributed by atoms with Gasteiger partial charge in [-0.1, -0.05) is 66.8 Å². The fourth-order valence-electron chi connectivity index (χ4n) is 7.60. The van der Waals surface area contributed by atoms with Crippen LogP contribution in [0.5, 0.6) is 0 Å². The van der Waals surface area contributed by atoms with Gasteiger partial charge in [0.2, 0.25) is 11.8 Å². The van der Waals surface area contributed by atoms with E-state index in [0.717, 1.165) is 16.8 Å². The molecule has 3 amide bonds. The second-order valence-corrected chi connectivity index (χ2v) is 13.0. The van der Waals surface area contributed by atoms with Gasteiger partial charge in [0.25, 0.3) is 5.91 Å². The van der Waals surface area contributed by atoms with Gasteiger partial charge in [0, 0.05) is 38.9 Å². The van der Waals surface area contributed by atoms with Crippen LogP contribution in [0.25, 0.3) is 0 Å². The lowest BCUT2D eigenvalue weighted by Gasteiger charge is -2.35. The average Bonchev–Trinajstić information content (AvgIpc) is 3.46. The van der Waals surface area contributed by atoms with E-state index in [4.69, 9.17) is 14.2 Å². The highest BCUT2D eigenvalue weighted by Gasteiger charge is 2.71. The Morgan fingerprint density at radius 1 is 1.04 bits per heavy atom. The van der Waals surface area contributed by atoms with Gasteiger partial charge in [-0.25, -0.2) is 0 Å². The molecular weight excluding hydrogens is 614 g/mol. The topological polar surface area (TPSA) is 135 Å². The third-order valence-corrected chi connectivity index (χ3v) is 9.77. The van der Waals surface area contributed by atoms with E-state index in [1.165, 1.54) is 12.0 Å². The number of esters is 1. The maximum atomic E-state index is 14.7. The highest BCUT2D eigenvalue weighted by molar-refractivity contribution is 6.06. The lowest BCUT2D eigenvalue weighted by molar-refractivity contribution is -0.162. The van der Waals surface area contributed by atoms with Crippen LogP contribution in [0.3, 0.4) is 0 Å². The number of amides is 3. The largest absolute Gasteiger partial charge is 0.455 e. The number of nitrogens with zero attached hydrogens (tertiary/aromatic N) is 2. The molecule has 6 rings (SSSR count). The first-order chi connectivity index (χ1) is 23.2. The van der Waals surface area contributed by atoms with Gasteiger partial charge in [-0.15, -0.1) is 0 Å². The Bertz CT molecular complexity index is 1610. The van der Waals surface area contributed by atoms with Gasteiger partial charge in [-0.2, -0.15) is 0 Å². The van der Waals surface area contributed by atoms with Crippen molar-refractivity contribution in [3.05, 3.63) is 89.5 Å². The Hall–Kier alpha value is -4.32. The predicted molar refractivity (Wildman–Crippen MR) is 177 cm³/mol. The fraction of sp³-hybridized carbons (Fsp3) is 0.459. The predicted octanol–water partition coefficient (Wildman–Crippen LogP) is 2.94. The van der Waals surface area contributed by atoms with Crippen LogP contribution in [-0.2, 0) is 33.4 Å². The number of fused-ring (bicyclic) bond motifs is 2. The van der Waals surface area contributed by atoms with E-state index in [1.54, 1.807) is 23.1 Å². The number of aliphatic hydroxyl groups is 1. The van der Waals surface area contributed by atoms with E-state index in [2.05, 4.69) is 5.32 Å². The van der Waals surface area contributed by atoms with Crippen molar-refractivity contribution >= 4 is 29.4 Å². The number of aryl methyl sites for hydroxylation is 2.